The third-order valence-electron chi connectivity index (χ3n) is 5.06. The topological polar surface area (TPSA) is 62.2 Å². The van der Waals surface area contributed by atoms with Gasteiger partial charge in [-0.3, -0.25) is 19.5 Å². The van der Waals surface area contributed by atoms with E-state index in [4.69, 9.17) is 9.73 Å². The second kappa shape index (κ2) is 6.23. The molecule has 1 atom stereocenters. The monoisotopic (exact) mass is 321 g/mol. The first-order valence-electron chi connectivity index (χ1n) is 8.77. The second-order valence-electron chi connectivity index (χ2n) is 7.18. The number of aliphatic imine (C=N–C) groups is 1. The molecule has 0 aromatic rings. The van der Waals surface area contributed by atoms with Crippen molar-refractivity contribution < 1.29 is 14.3 Å². The lowest BCUT2D eigenvalue weighted by Crippen LogP contribution is -2.49. The van der Waals surface area contributed by atoms with Gasteiger partial charge in [0.2, 0.25) is 5.91 Å². The molecule has 2 fully saturated rings. The molecule has 2 amide bonds. The van der Waals surface area contributed by atoms with Crippen molar-refractivity contribution in [2.45, 2.75) is 58.0 Å². The van der Waals surface area contributed by atoms with Crippen LogP contribution in [0.5, 0.6) is 0 Å². The van der Waals surface area contributed by atoms with Gasteiger partial charge in [-0.1, -0.05) is 13.3 Å². The van der Waals surface area contributed by atoms with Gasteiger partial charge in [-0.15, -0.1) is 0 Å². The number of amides is 2. The molecule has 6 nitrogen and oxygen atoms in total. The van der Waals surface area contributed by atoms with Crippen molar-refractivity contribution in [1.29, 1.82) is 0 Å². The highest BCUT2D eigenvalue weighted by atomic mass is 16.5. The van der Waals surface area contributed by atoms with Crippen molar-refractivity contribution in [1.82, 2.24) is 9.80 Å². The van der Waals surface area contributed by atoms with Gasteiger partial charge >= 0.3 is 0 Å². The van der Waals surface area contributed by atoms with Crippen LogP contribution in [0.15, 0.2) is 4.99 Å². The van der Waals surface area contributed by atoms with Gasteiger partial charge in [0.15, 0.2) is 5.54 Å². The predicted molar refractivity (Wildman–Crippen MR) is 87.2 cm³/mol. The molecule has 0 bridgehead atoms. The molecule has 1 unspecified atom stereocenters. The van der Waals surface area contributed by atoms with Crippen LogP contribution in [0, 0.1) is 5.92 Å². The molecule has 3 rings (SSSR count). The Morgan fingerprint density at radius 3 is 2.74 bits per heavy atom. The molecule has 0 aromatic carbocycles. The molecule has 23 heavy (non-hydrogen) atoms. The Labute approximate surface area is 137 Å². The number of nitrogens with zero attached hydrogens (tertiary/aromatic N) is 3. The first-order chi connectivity index (χ1) is 11.0. The summed E-state index contributed by atoms with van der Waals surface area (Å²) in [4.78, 5) is 33.9. The molecule has 1 spiro atoms. The summed E-state index contributed by atoms with van der Waals surface area (Å²) in [6.45, 7) is 8.28. The average molecular weight is 321 g/mol. The Morgan fingerprint density at radius 2 is 2.17 bits per heavy atom. The predicted octanol–water partition coefficient (Wildman–Crippen LogP) is 1.44. The van der Waals surface area contributed by atoms with Crippen LogP contribution in [0.2, 0.25) is 0 Å². The van der Waals surface area contributed by atoms with Gasteiger partial charge in [0.1, 0.15) is 5.84 Å². The van der Waals surface area contributed by atoms with Crippen LogP contribution in [0.1, 0.15) is 46.5 Å². The number of hydrogen-bond acceptors (Lipinski definition) is 4. The average Bonchev–Trinajstić information content (AvgIpc) is 2.98. The summed E-state index contributed by atoms with van der Waals surface area (Å²) in [5, 5.41) is 0. The first-order valence-corrected chi connectivity index (χ1v) is 8.77. The summed E-state index contributed by atoms with van der Waals surface area (Å²) >= 11 is 0. The number of ether oxygens (including phenoxy) is 1. The lowest BCUT2D eigenvalue weighted by Gasteiger charge is -2.30. The maximum atomic E-state index is 13.0. The Hall–Kier alpha value is -1.43. The van der Waals surface area contributed by atoms with Crippen LogP contribution in [0.25, 0.3) is 0 Å². The highest BCUT2D eigenvalue weighted by molar-refractivity contribution is 6.09. The van der Waals surface area contributed by atoms with Crippen molar-refractivity contribution in [2.75, 3.05) is 26.3 Å². The van der Waals surface area contributed by atoms with E-state index in [1.165, 1.54) is 0 Å². The fourth-order valence-electron chi connectivity index (χ4n) is 3.62. The Bertz CT molecular complexity index is 527. The van der Waals surface area contributed by atoms with Gasteiger partial charge < -0.3 is 9.64 Å². The second-order valence-corrected chi connectivity index (χ2v) is 7.18. The zero-order chi connectivity index (χ0) is 16.6. The van der Waals surface area contributed by atoms with Crippen molar-refractivity contribution in [2.24, 2.45) is 10.9 Å². The minimum Gasteiger partial charge on any atom is -0.380 e. The largest absolute Gasteiger partial charge is 0.380 e. The molecular weight excluding hydrogens is 294 g/mol. The van der Waals surface area contributed by atoms with Crippen molar-refractivity contribution in [3.63, 3.8) is 0 Å². The highest BCUT2D eigenvalue weighted by Crippen LogP contribution is 2.35. The van der Waals surface area contributed by atoms with E-state index in [0.717, 1.165) is 25.1 Å². The minimum absolute atomic E-state index is 0.0219. The number of rotatable bonds is 5. The molecule has 128 valence electrons. The third-order valence-corrected chi connectivity index (χ3v) is 5.06. The Morgan fingerprint density at radius 1 is 1.43 bits per heavy atom. The van der Waals surface area contributed by atoms with Crippen LogP contribution in [-0.4, -0.2) is 65.3 Å². The fourth-order valence-corrected chi connectivity index (χ4v) is 3.62. The molecule has 0 N–H and O–H groups in total. The summed E-state index contributed by atoms with van der Waals surface area (Å²) in [5.74, 6) is 1.09. The van der Waals surface area contributed by atoms with Crippen molar-refractivity contribution in [3.05, 3.63) is 0 Å². The van der Waals surface area contributed by atoms with Crippen LogP contribution in [-0.2, 0) is 14.3 Å². The van der Waals surface area contributed by atoms with Gasteiger partial charge in [0, 0.05) is 25.4 Å². The summed E-state index contributed by atoms with van der Waals surface area (Å²) < 4.78 is 5.11. The summed E-state index contributed by atoms with van der Waals surface area (Å²) in [6.07, 6.45) is 3.60. The number of likely N-dealkylation sites (tertiary alicyclic amines) is 1. The van der Waals surface area contributed by atoms with Crippen LogP contribution >= 0.6 is 0 Å². The normalized spacial score (nSPS) is 28.0. The molecule has 0 aromatic heterocycles. The van der Waals surface area contributed by atoms with Gasteiger partial charge in [-0.05, 0) is 20.3 Å². The third kappa shape index (κ3) is 2.77. The Kier molecular flexibility index (Phi) is 4.45. The van der Waals surface area contributed by atoms with E-state index in [0.29, 0.717) is 32.7 Å². The first kappa shape index (κ1) is 16.4. The number of amidine groups is 1. The van der Waals surface area contributed by atoms with Crippen LogP contribution in [0.4, 0.5) is 0 Å². The number of carbonyl (C=O) groups is 2. The Balaban J connectivity index is 1.77. The van der Waals surface area contributed by atoms with E-state index < -0.39 is 5.54 Å². The SMILES string of the molecule is CCCCC1=NC2(CCN(C(=O)C3COC3)C2)C(=O)N1C(C)C. The standard InChI is InChI=1S/C17H27N3O3/c1-4-5-6-14-18-17(16(22)20(14)12(2)3)7-8-19(11-17)15(21)13-9-23-10-13/h12-13H,4-11H2,1-3H3. The molecule has 6 heteroatoms. The summed E-state index contributed by atoms with van der Waals surface area (Å²) in [7, 11) is 0. The smallest absolute Gasteiger partial charge is 0.258 e. The zero-order valence-electron chi connectivity index (χ0n) is 14.4. The van der Waals surface area contributed by atoms with Gasteiger partial charge in [-0.25, -0.2) is 0 Å². The van der Waals surface area contributed by atoms with E-state index in [1.54, 1.807) is 0 Å². The van der Waals surface area contributed by atoms with E-state index in [9.17, 15) is 9.59 Å². The fraction of sp³-hybridized carbons (Fsp3) is 0.824. The maximum absolute atomic E-state index is 13.0. The molecule has 0 saturated carbocycles. The van der Waals surface area contributed by atoms with Crippen molar-refractivity contribution in [3.8, 4) is 0 Å². The zero-order valence-corrected chi connectivity index (χ0v) is 14.4. The maximum Gasteiger partial charge on any atom is 0.258 e. The molecule has 3 heterocycles. The van der Waals surface area contributed by atoms with Crippen LogP contribution < -0.4 is 0 Å². The molecular formula is C17H27N3O3. The van der Waals surface area contributed by atoms with Gasteiger partial charge in [-0.2, -0.15) is 0 Å². The molecule has 3 aliphatic heterocycles. The van der Waals surface area contributed by atoms with Gasteiger partial charge in [0.05, 0.1) is 25.7 Å². The molecule has 0 radical (unpaired) electrons. The van der Waals surface area contributed by atoms with Crippen LogP contribution in [0.3, 0.4) is 0 Å². The highest BCUT2D eigenvalue weighted by Gasteiger charge is 2.54. The number of hydrogen-bond donors (Lipinski definition) is 0. The lowest BCUT2D eigenvalue weighted by atomic mass is 9.98. The molecule has 2 saturated heterocycles. The number of unbranched alkanes of at least 4 members (excludes halogenated alkanes) is 1. The lowest BCUT2D eigenvalue weighted by molar-refractivity contribution is -0.149. The quantitative estimate of drug-likeness (QED) is 0.770. The minimum atomic E-state index is -0.729. The number of carbonyl (C=O) groups excluding carboxylic acids is 2. The summed E-state index contributed by atoms with van der Waals surface area (Å²) in [5.41, 5.74) is -0.729. The summed E-state index contributed by atoms with van der Waals surface area (Å²) in [6, 6.07) is 0.113. The van der Waals surface area contributed by atoms with E-state index in [-0.39, 0.29) is 23.8 Å². The van der Waals surface area contributed by atoms with Crippen molar-refractivity contribution >= 4 is 17.6 Å². The van der Waals surface area contributed by atoms with Gasteiger partial charge in [0.25, 0.3) is 5.91 Å². The van der Waals surface area contributed by atoms with E-state index in [2.05, 4.69) is 6.92 Å². The van der Waals surface area contributed by atoms with E-state index in [1.807, 2.05) is 23.6 Å². The molecule has 0 aliphatic carbocycles. The molecule has 3 aliphatic rings. The van der Waals surface area contributed by atoms with E-state index >= 15 is 0 Å².